The maximum Gasteiger partial charge on any atom is -0.0154 e. The Morgan fingerprint density at radius 2 is 1.71 bits per heavy atom. The molecule has 0 amide bonds. The van der Waals surface area contributed by atoms with Gasteiger partial charge in [0.25, 0.3) is 0 Å². The molecule has 24 heavy (non-hydrogen) atoms. The minimum atomic E-state index is 0.977. The summed E-state index contributed by atoms with van der Waals surface area (Å²) in [5, 5.41) is 0. The SMILES string of the molecule is C=C(C)CCC(=C)c1ccc(-c2ccc(/C=C\C)c(C)c2)c(C)c1. The van der Waals surface area contributed by atoms with Gasteiger partial charge < -0.3 is 0 Å². The summed E-state index contributed by atoms with van der Waals surface area (Å²) in [4.78, 5) is 0. The molecule has 0 bridgehead atoms. The van der Waals surface area contributed by atoms with Crippen LogP contribution in [0, 0.1) is 13.8 Å². The highest BCUT2D eigenvalue weighted by molar-refractivity contribution is 5.74. The summed E-state index contributed by atoms with van der Waals surface area (Å²) in [6.45, 7) is 16.7. The molecule has 0 fully saturated rings. The Kier molecular flexibility index (Phi) is 5.98. The van der Waals surface area contributed by atoms with Gasteiger partial charge in [0.1, 0.15) is 0 Å². The van der Waals surface area contributed by atoms with E-state index >= 15 is 0 Å². The van der Waals surface area contributed by atoms with Crippen molar-refractivity contribution >= 4 is 11.6 Å². The van der Waals surface area contributed by atoms with Crippen molar-refractivity contribution < 1.29 is 0 Å². The molecule has 0 spiro atoms. The second kappa shape index (κ2) is 7.97. The monoisotopic (exact) mass is 316 g/mol. The third-order valence-corrected chi connectivity index (χ3v) is 4.42. The van der Waals surface area contributed by atoms with Gasteiger partial charge in [-0.15, -0.1) is 6.58 Å². The molecule has 2 aromatic carbocycles. The van der Waals surface area contributed by atoms with Crippen LogP contribution < -0.4 is 0 Å². The van der Waals surface area contributed by atoms with Crippen molar-refractivity contribution in [2.75, 3.05) is 0 Å². The topological polar surface area (TPSA) is 0 Å². The molecule has 0 saturated heterocycles. The zero-order chi connectivity index (χ0) is 17.7. The highest BCUT2D eigenvalue weighted by atomic mass is 14.1. The molecule has 124 valence electrons. The number of rotatable bonds is 6. The molecule has 0 N–H and O–H groups in total. The van der Waals surface area contributed by atoms with Crippen molar-refractivity contribution in [3.63, 3.8) is 0 Å². The predicted octanol–water partition coefficient (Wildman–Crippen LogP) is 7.37. The lowest BCUT2D eigenvalue weighted by Crippen LogP contribution is -1.90. The van der Waals surface area contributed by atoms with E-state index in [-0.39, 0.29) is 0 Å². The highest BCUT2D eigenvalue weighted by Crippen LogP contribution is 2.29. The molecule has 0 saturated carbocycles. The van der Waals surface area contributed by atoms with E-state index in [1.54, 1.807) is 0 Å². The van der Waals surface area contributed by atoms with E-state index in [9.17, 15) is 0 Å². The molecular weight excluding hydrogens is 288 g/mol. The van der Waals surface area contributed by atoms with E-state index in [2.05, 4.69) is 89.4 Å². The quantitative estimate of drug-likeness (QED) is 0.488. The van der Waals surface area contributed by atoms with Crippen molar-refractivity contribution in [1.82, 2.24) is 0 Å². The molecule has 0 radical (unpaired) electrons. The normalized spacial score (nSPS) is 11.0. The number of hydrogen-bond acceptors (Lipinski definition) is 0. The molecule has 0 aliphatic rings. The minimum absolute atomic E-state index is 0.977. The second-order valence-electron chi connectivity index (χ2n) is 6.66. The fourth-order valence-corrected chi connectivity index (χ4v) is 2.93. The van der Waals surface area contributed by atoms with E-state index in [0.717, 1.165) is 12.8 Å². The van der Waals surface area contributed by atoms with Gasteiger partial charge in [0, 0.05) is 0 Å². The highest BCUT2D eigenvalue weighted by Gasteiger charge is 2.07. The van der Waals surface area contributed by atoms with Gasteiger partial charge in [-0.2, -0.15) is 0 Å². The molecule has 0 atom stereocenters. The Morgan fingerprint density at radius 3 is 2.29 bits per heavy atom. The van der Waals surface area contributed by atoms with Crippen LogP contribution in [0.2, 0.25) is 0 Å². The molecule has 0 unspecified atom stereocenters. The average Bonchev–Trinajstić information content (AvgIpc) is 2.54. The lowest BCUT2D eigenvalue weighted by Gasteiger charge is -2.12. The molecule has 0 heteroatoms. The lowest BCUT2D eigenvalue weighted by atomic mass is 9.92. The van der Waals surface area contributed by atoms with Crippen LogP contribution in [0.4, 0.5) is 0 Å². The largest absolute Gasteiger partial charge is 0.100 e. The van der Waals surface area contributed by atoms with Gasteiger partial charge >= 0.3 is 0 Å². The van der Waals surface area contributed by atoms with E-state index < -0.39 is 0 Å². The van der Waals surface area contributed by atoms with Crippen molar-refractivity contribution in [2.24, 2.45) is 0 Å². The van der Waals surface area contributed by atoms with Crippen molar-refractivity contribution in [2.45, 2.75) is 40.5 Å². The van der Waals surface area contributed by atoms with Crippen LogP contribution in [0.5, 0.6) is 0 Å². The van der Waals surface area contributed by atoms with Gasteiger partial charge in [-0.25, -0.2) is 0 Å². The van der Waals surface area contributed by atoms with Crippen LogP contribution in [-0.4, -0.2) is 0 Å². The summed E-state index contributed by atoms with van der Waals surface area (Å²) in [5.74, 6) is 0. The number of allylic oxidation sites excluding steroid dienone is 3. The van der Waals surface area contributed by atoms with Crippen LogP contribution in [0.15, 0.2) is 61.2 Å². The Bertz CT molecular complexity index is 788. The Labute approximate surface area is 147 Å². The first-order valence-corrected chi connectivity index (χ1v) is 8.59. The summed E-state index contributed by atoms with van der Waals surface area (Å²) in [6.07, 6.45) is 6.22. The maximum absolute atomic E-state index is 4.24. The van der Waals surface area contributed by atoms with Crippen LogP contribution in [-0.2, 0) is 0 Å². The smallest absolute Gasteiger partial charge is 0.0154 e. The van der Waals surface area contributed by atoms with Crippen LogP contribution in [0.25, 0.3) is 22.8 Å². The summed E-state index contributed by atoms with van der Waals surface area (Å²) in [5.41, 5.74) is 10.1. The average molecular weight is 316 g/mol. The summed E-state index contributed by atoms with van der Waals surface area (Å²) < 4.78 is 0. The van der Waals surface area contributed by atoms with Gasteiger partial charge in [0.2, 0.25) is 0 Å². The fraction of sp³-hybridized carbons (Fsp3) is 0.250. The van der Waals surface area contributed by atoms with E-state index in [1.807, 2.05) is 0 Å². The summed E-state index contributed by atoms with van der Waals surface area (Å²) >= 11 is 0. The van der Waals surface area contributed by atoms with E-state index in [4.69, 9.17) is 0 Å². The summed E-state index contributed by atoms with van der Waals surface area (Å²) in [6, 6.07) is 13.3. The molecule has 2 rings (SSSR count). The molecule has 0 nitrogen and oxygen atoms in total. The Balaban J connectivity index is 2.28. The first-order valence-electron chi connectivity index (χ1n) is 8.59. The fourth-order valence-electron chi connectivity index (χ4n) is 2.93. The van der Waals surface area contributed by atoms with Gasteiger partial charge in [-0.05, 0) is 79.5 Å². The van der Waals surface area contributed by atoms with Crippen LogP contribution >= 0.6 is 0 Å². The minimum Gasteiger partial charge on any atom is -0.100 e. The predicted molar refractivity (Wildman–Crippen MR) is 109 cm³/mol. The van der Waals surface area contributed by atoms with E-state index in [0.29, 0.717) is 0 Å². The first kappa shape index (κ1) is 18.0. The Morgan fingerprint density at radius 1 is 0.958 bits per heavy atom. The first-order chi connectivity index (χ1) is 11.4. The Hall–Kier alpha value is -2.34. The van der Waals surface area contributed by atoms with E-state index in [1.165, 1.54) is 44.5 Å². The number of aryl methyl sites for hydroxylation is 2. The third kappa shape index (κ3) is 4.35. The van der Waals surface area contributed by atoms with Crippen LogP contribution in [0.1, 0.15) is 48.9 Å². The second-order valence-corrected chi connectivity index (χ2v) is 6.66. The third-order valence-electron chi connectivity index (χ3n) is 4.42. The van der Waals surface area contributed by atoms with Crippen molar-refractivity contribution in [3.8, 4) is 11.1 Å². The molecular formula is C24H28. The van der Waals surface area contributed by atoms with Gasteiger partial charge in [0.05, 0.1) is 0 Å². The van der Waals surface area contributed by atoms with Crippen LogP contribution in [0.3, 0.4) is 0 Å². The zero-order valence-electron chi connectivity index (χ0n) is 15.4. The van der Waals surface area contributed by atoms with Crippen molar-refractivity contribution in [1.29, 1.82) is 0 Å². The molecule has 0 aliphatic heterocycles. The molecule has 0 heterocycles. The molecule has 2 aromatic rings. The number of benzene rings is 2. The van der Waals surface area contributed by atoms with Crippen molar-refractivity contribution in [3.05, 3.63) is 83.5 Å². The van der Waals surface area contributed by atoms with Gasteiger partial charge in [-0.1, -0.05) is 60.7 Å². The molecule has 0 aliphatic carbocycles. The van der Waals surface area contributed by atoms with Gasteiger partial charge in [-0.3, -0.25) is 0 Å². The summed E-state index contributed by atoms with van der Waals surface area (Å²) in [7, 11) is 0. The molecule has 0 aromatic heterocycles. The number of hydrogen-bond donors (Lipinski definition) is 0. The van der Waals surface area contributed by atoms with Gasteiger partial charge in [0.15, 0.2) is 0 Å². The maximum atomic E-state index is 4.24. The standard InChI is InChI=1S/C24H28/c1-7-8-21-11-12-23(15-19(21)5)24-14-13-22(16-20(24)6)18(4)10-9-17(2)3/h7-8,11-16H,2,4,9-10H2,1,3,5-6H3/b8-7-. The zero-order valence-corrected chi connectivity index (χ0v) is 15.4. The lowest BCUT2D eigenvalue weighted by molar-refractivity contribution is 1.000.